The van der Waals surface area contributed by atoms with Crippen LogP contribution >= 0.6 is 0 Å². The quantitative estimate of drug-likeness (QED) is 0.606. The summed E-state index contributed by atoms with van der Waals surface area (Å²) in [5, 5.41) is 15.0. The second kappa shape index (κ2) is 6.76. The Labute approximate surface area is 128 Å². The number of urea groups is 1. The van der Waals surface area contributed by atoms with E-state index < -0.39 is 6.10 Å². The Bertz CT molecular complexity index is 610. The zero-order chi connectivity index (χ0) is 15.4. The highest BCUT2D eigenvalue weighted by molar-refractivity contribution is 5.75. The smallest absolute Gasteiger partial charge is 0.315 e. The van der Waals surface area contributed by atoms with E-state index in [0.717, 1.165) is 29.7 Å². The van der Waals surface area contributed by atoms with Gasteiger partial charge in [-0.05, 0) is 18.6 Å². The van der Waals surface area contributed by atoms with Gasteiger partial charge in [0.2, 0.25) is 0 Å². The third kappa shape index (κ3) is 3.55. The molecule has 2 aromatic rings. The Kier molecular flexibility index (Phi) is 4.55. The first kappa shape index (κ1) is 14.8. The SMILES string of the molecule is O=C(NCCCc1nc2ccccc2[nH]1)N[C@H]1COC[C@H]1O. The van der Waals surface area contributed by atoms with Gasteiger partial charge >= 0.3 is 6.03 Å². The largest absolute Gasteiger partial charge is 0.388 e. The van der Waals surface area contributed by atoms with E-state index in [0.29, 0.717) is 13.2 Å². The van der Waals surface area contributed by atoms with Gasteiger partial charge in [-0.1, -0.05) is 12.1 Å². The number of aliphatic hydroxyl groups is 1. The molecule has 22 heavy (non-hydrogen) atoms. The van der Waals surface area contributed by atoms with Crippen molar-refractivity contribution in [2.75, 3.05) is 19.8 Å². The normalized spacial score (nSPS) is 21.1. The molecular weight excluding hydrogens is 284 g/mol. The highest BCUT2D eigenvalue weighted by Crippen LogP contribution is 2.11. The predicted molar refractivity (Wildman–Crippen MR) is 81.6 cm³/mol. The molecule has 1 aromatic carbocycles. The minimum atomic E-state index is -0.624. The molecule has 0 bridgehead atoms. The molecule has 1 saturated heterocycles. The third-order valence-corrected chi connectivity index (χ3v) is 3.68. The maximum absolute atomic E-state index is 11.7. The third-order valence-electron chi connectivity index (χ3n) is 3.68. The number of imidazole rings is 1. The van der Waals surface area contributed by atoms with E-state index in [1.54, 1.807) is 0 Å². The molecule has 3 rings (SSSR count). The fraction of sp³-hybridized carbons (Fsp3) is 0.467. The Balaban J connectivity index is 1.38. The van der Waals surface area contributed by atoms with Gasteiger partial charge in [0, 0.05) is 13.0 Å². The first-order valence-electron chi connectivity index (χ1n) is 7.46. The summed E-state index contributed by atoms with van der Waals surface area (Å²) in [6.45, 7) is 1.18. The molecule has 2 atom stereocenters. The number of H-pyrrole nitrogens is 1. The van der Waals surface area contributed by atoms with E-state index in [1.807, 2.05) is 24.3 Å². The van der Waals surface area contributed by atoms with Crippen LogP contribution in [0, 0.1) is 0 Å². The van der Waals surface area contributed by atoms with E-state index in [-0.39, 0.29) is 18.7 Å². The zero-order valence-electron chi connectivity index (χ0n) is 12.2. The van der Waals surface area contributed by atoms with Crippen LogP contribution in [0.2, 0.25) is 0 Å². The van der Waals surface area contributed by atoms with Crippen LogP contribution in [-0.2, 0) is 11.2 Å². The molecule has 0 saturated carbocycles. The predicted octanol–water partition coefficient (Wildman–Crippen LogP) is 0.554. The number of carbonyl (C=O) groups is 1. The second-order valence-electron chi connectivity index (χ2n) is 5.42. The number of hydrogen-bond donors (Lipinski definition) is 4. The molecule has 0 radical (unpaired) electrons. The van der Waals surface area contributed by atoms with Gasteiger partial charge in [-0.25, -0.2) is 9.78 Å². The van der Waals surface area contributed by atoms with Crippen LogP contribution in [0.15, 0.2) is 24.3 Å². The summed E-state index contributed by atoms with van der Waals surface area (Å²) in [6.07, 6.45) is 0.933. The minimum Gasteiger partial charge on any atom is -0.388 e. The maximum Gasteiger partial charge on any atom is 0.315 e. The van der Waals surface area contributed by atoms with E-state index in [2.05, 4.69) is 20.6 Å². The number of aromatic amines is 1. The number of aromatic nitrogens is 2. The van der Waals surface area contributed by atoms with Gasteiger partial charge in [0.05, 0.1) is 36.4 Å². The highest BCUT2D eigenvalue weighted by atomic mass is 16.5. The van der Waals surface area contributed by atoms with Gasteiger partial charge in [-0.2, -0.15) is 0 Å². The molecule has 1 aliphatic heterocycles. The van der Waals surface area contributed by atoms with Crippen molar-refractivity contribution in [3.05, 3.63) is 30.1 Å². The van der Waals surface area contributed by atoms with Crippen molar-refractivity contribution in [3.63, 3.8) is 0 Å². The van der Waals surface area contributed by atoms with Gasteiger partial charge in [0.1, 0.15) is 5.82 Å². The van der Waals surface area contributed by atoms with Gasteiger partial charge in [0.15, 0.2) is 0 Å². The summed E-state index contributed by atoms with van der Waals surface area (Å²) in [5.41, 5.74) is 1.98. The highest BCUT2D eigenvalue weighted by Gasteiger charge is 2.27. The van der Waals surface area contributed by atoms with Crippen molar-refractivity contribution in [1.29, 1.82) is 0 Å². The van der Waals surface area contributed by atoms with Crippen molar-refractivity contribution in [3.8, 4) is 0 Å². The van der Waals surface area contributed by atoms with E-state index in [1.165, 1.54) is 0 Å². The first-order valence-corrected chi connectivity index (χ1v) is 7.46. The summed E-state index contributed by atoms with van der Waals surface area (Å²) in [7, 11) is 0. The lowest BCUT2D eigenvalue weighted by molar-refractivity contribution is 0.122. The van der Waals surface area contributed by atoms with Crippen molar-refractivity contribution < 1.29 is 14.6 Å². The van der Waals surface area contributed by atoms with Gasteiger partial charge in [-0.3, -0.25) is 0 Å². The van der Waals surface area contributed by atoms with Crippen molar-refractivity contribution in [2.45, 2.75) is 25.0 Å². The number of nitrogens with zero attached hydrogens (tertiary/aromatic N) is 1. The van der Waals surface area contributed by atoms with Crippen molar-refractivity contribution in [2.24, 2.45) is 0 Å². The van der Waals surface area contributed by atoms with Crippen LogP contribution in [0.25, 0.3) is 11.0 Å². The van der Waals surface area contributed by atoms with E-state index in [4.69, 9.17) is 4.74 Å². The van der Waals surface area contributed by atoms with Crippen molar-refractivity contribution in [1.82, 2.24) is 20.6 Å². The first-order chi connectivity index (χ1) is 10.7. The Morgan fingerprint density at radius 1 is 1.41 bits per heavy atom. The fourth-order valence-corrected chi connectivity index (χ4v) is 2.48. The summed E-state index contributed by atoms with van der Waals surface area (Å²) >= 11 is 0. The average Bonchev–Trinajstić information content (AvgIpc) is 3.10. The van der Waals surface area contributed by atoms with Gasteiger partial charge < -0.3 is 25.5 Å². The van der Waals surface area contributed by atoms with Crippen LogP contribution < -0.4 is 10.6 Å². The van der Waals surface area contributed by atoms with Crippen LogP contribution in [-0.4, -0.2) is 53.0 Å². The number of fused-ring (bicyclic) bond motifs is 1. The molecule has 118 valence electrons. The van der Waals surface area contributed by atoms with Crippen LogP contribution in [0.3, 0.4) is 0 Å². The molecule has 0 unspecified atom stereocenters. The monoisotopic (exact) mass is 304 g/mol. The second-order valence-corrected chi connectivity index (χ2v) is 5.42. The molecule has 1 aliphatic rings. The summed E-state index contributed by atoms with van der Waals surface area (Å²) in [6, 6.07) is 7.29. The van der Waals surface area contributed by atoms with E-state index >= 15 is 0 Å². The average molecular weight is 304 g/mol. The number of carbonyl (C=O) groups excluding carboxylic acids is 1. The summed E-state index contributed by atoms with van der Waals surface area (Å²) < 4.78 is 5.08. The molecule has 0 aliphatic carbocycles. The molecular formula is C15H20N4O3. The Hall–Kier alpha value is -2.12. The number of aryl methyl sites for hydroxylation is 1. The molecule has 1 fully saturated rings. The molecule has 7 heteroatoms. The van der Waals surface area contributed by atoms with Crippen LogP contribution in [0.1, 0.15) is 12.2 Å². The number of nitrogens with one attached hydrogen (secondary N) is 3. The summed E-state index contributed by atoms with van der Waals surface area (Å²) in [4.78, 5) is 19.4. The number of ether oxygens (including phenoxy) is 1. The maximum atomic E-state index is 11.7. The molecule has 2 amide bonds. The number of hydrogen-bond acceptors (Lipinski definition) is 4. The lowest BCUT2D eigenvalue weighted by Crippen LogP contribution is -2.47. The number of aliphatic hydroxyl groups excluding tert-OH is 1. The van der Waals surface area contributed by atoms with Gasteiger partial charge in [-0.15, -0.1) is 0 Å². The Morgan fingerprint density at radius 2 is 2.27 bits per heavy atom. The summed E-state index contributed by atoms with van der Waals surface area (Å²) in [5.74, 6) is 0.919. The zero-order valence-corrected chi connectivity index (χ0v) is 12.2. The van der Waals surface area contributed by atoms with Crippen molar-refractivity contribution >= 4 is 17.1 Å². The number of rotatable bonds is 5. The number of amides is 2. The lowest BCUT2D eigenvalue weighted by atomic mass is 10.2. The minimum absolute atomic E-state index is 0.275. The van der Waals surface area contributed by atoms with Crippen LogP contribution in [0.5, 0.6) is 0 Å². The number of benzene rings is 1. The molecule has 7 nitrogen and oxygen atoms in total. The van der Waals surface area contributed by atoms with Crippen LogP contribution in [0.4, 0.5) is 4.79 Å². The fourth-order valence-electron chi connectivity index (χ4n) is 2.48. The van der Waals surface area contributed by atoms with Gasteiger partial charge in [0.25, 0.3) is 0 Å². The molecule has 1 aromatic heterocycles. The van der Waals surface area contributed by atoms with E-state index in [9.17, 15) is 9.90 Å². The lowest BCUT2D eigenvalue weighted by Gasteiger charge is -2.14. The molecule has 0 spiro atoms. The standard InChI is InChI=1S/C15H20N4O3/c20-13-9-22-8-12(13)19-15(21)16-7-3-6-14-17-10-4-1-2-5-11(10)18-14/h1-2,4-5,12-13,20H,3,6-9H2,(H,17,18)(H2,16,19,21)/t12-,13+/m0/s1. The number of para-hydroxylation sites is 2. The topological polar surface area (TPSA) is 99.3 Å². The Morgan fingerprint density at radius 3 is 3.05 bits per heavy atom. The molecule has 2 heterocycles. The molecule has 4 N–H and O–H groups in total.